The zero-order chi connectivity index (χ0) is 54.3. The fraction of sp³-hybridized carbons (Fsp3) is 0.773. The second-order valence-electron chi connectivity index (χ2n) is 19.5. The molecule has 0 aliphatic heterocycles. The summed E-state index contributed by atoms with van der Waals surface area (Å²) in [6.45, 7) is 12.0. The lowest BCUT2D eigenvalue weighted by atomic mass is 9.59. The smallest absolute Gasteiger partial charge is 0.463 e. The summed E-state index contributed by atoms with van der Waals surface area (Å²) < 4.78 is 180. The van der Waals surface area contributed by atoms with Crippen LogP contribution in [0.25, 0.3) is 0 Å². The molecule has 27 heteroatoms. The number of hydrogen-bond donors (Lipinski definition) is 2. The van der Waals surface area contributed by atoms with Crippen LogP contribution in [0.2, 0.25) is 0 Å². The number of esters is 3. The summed E-state index contributed by atoms with van der Waals surface area (Å²) in [5.74, 6) is -5.04. The van der Waals surface area contributed by atoms with E-state index in [1.54, 1.807) is 27.7 Å². The highest BCUT2D eigenvalue weighted by atomic mass is 19.3. The van der Waals surface area contributed by atoms with Gasteiger partial charge in [-0.25, -0.2) is 33.4 Å². The summed E-state index contributed by atoms with van der Waals surface area (Å²) in [4.78, 5) is 72.5. The molecule has 0 spiro atoms. The highest BCUT2D eigenvalue weighted by Crippen LogP contribution is 2.51. The standard InChI is InChI=1S/C44H62F10N2O15/c1-9-31(58)64-15-17-67-34(61)55-25-38(7)21-28(19-36(3,4)23-38)30(57)11-12-40(45,46)69-42(49,50)43(51,52)71-44(53,54)70-41(47,48)27-63-13-14-66-33(60)29-20-37(5,6)24-39(8,22-29)26-56-35(62)68-18-16-65-32(59)10-2/h9-10,28-29H,1-2,11-27H2,3-8H3,(H,55,61)(H,56,62). The van der Waals surface area contributed by atoms with Gasteiger partial charge in [0.2, 0.25) is 0 Å². The van der Waals surface area contributed by atoms with Crippen LogP contribution in [-0.4, -0.2) is 126 Å². The number of carbonyl (C=O) groups is 6. The number of alkyl halides is 10. The molecular weight excluding hydrogens is 986 g/mol. The first-order chi connectivity index (χ1) is 32.4. The van der Waals surface area contributed by atoms with E-state index >= 15 is 0 Å². The molecule has 0 radical (unpaired) electrons. The number of ether oxygens (including phenoxy) is 9. The number of amides is 2. The minimum absolute atomic E-state index is 0.0255. The maximum Gasteiger partial charge on any atom is 0.495 e. The number of halogens is 10. The van der Waals surface area contributed by atoms with Crippen LogP contribution in [0.15, 0.2) is 25.3 Å². The van der Waals surface area contributed by atoms with Crippen molar-refractivity contribution in [3.05, 3.63) is 25.3 Å². The van der Waals surface area contributed by atoms with E-state index in [0.717, 1.165) is 12.2 Å². The molecule has 2 aliphatic carbocycles. The molecule has 17 nitrogen and oxygen atoms in total. The number of alkyl carbamates (subject to hydrolysis) is 2. The van der Waals surface area contributed by atoms with Crippen LogP contribution in [0.5, 0.6) is 0 Å². The number of ketones is 1. The first-order valence-corrected chi connectivity index (χ1v) is 22.0. The molecule has 0 saturated heterocycles. The first kappa shape index (κ1) is 62.4. The molecule has 2 rings (SSSR count). The Balaban J connectivity index is 1.87. The van der Waals surface area contributed by atoms with Gasteiger partial charge in [-0.2, -0.15) is 35.1 Å². The molecule has 2 fully saturated rings. The third-order valence-electron chi connectivity index (χ3n) is 11.0. The Labute approximate surface area is 403 Å². The van der Waals surface area contributed by atoms with Crippen LogP contribution in [0.4, 0.5) is 53.5 Å². The number of Topliss-reactive ketones (excluding diaryl/α,β-unsaturated/α-hetero) is 1. The molecule has 0 aromatic carbocycles. The van der Waals surface area contributed by atoms with E-state index in [-0.39, 0.29) is 65.2 Å². The second kappa shape index (κ2) is 25.3. The van der Waals surface area contributed by atoms with Gasteiger partial charge < -0.3 is 39.1 Å². The Morgan fingerprint density at radius 1 is 0.549 bits per heavy atom. The zero-order valence-corrected chi connectivity index (χ0v) is 40.1. The van der Waals surface area contributed by atoms with Crippen LogP contribution in [0.1, 0.15) is 92.9 Å². The fourth-order valence-corrected chi connectivity index (χ4v) is 8.99. The predicted molar refractivity (Wildman–Crippen MR) is 223 cm³/mol. The van der Waals surface area contributed by atoms with Crippen molar-refractivity contribution in [3.63, 3.8) is 0 Å². The predicted octanol–water partition coefficient (Wildman–Crippen LogP) is 8.44. The monoisotopic (exact) mass is 1050 g/mol. The second-order valence-corrected chi connectivity index (χ2v) is 19.5. The van der Waals surface area contributed by atoms with Gasteiger partial charge in [-0.3, -0.25) is 9.59 Å². The van der Waals surface area contributed by atoms with Gasteiger partial charge in [-0.05, 0) is 60.2 Å². The molecular formula is C44H62F10N2O15. The number of rotatable bonds is 29. The topological polar surface area (TPSA) is 210 Å². The highest BCUT2D eigenvalue weighted by Gasteiger charge is 2.69. The zero-order valence-electron chi connectivity index (χ0n) is 40.1. The number of nitrogens with one attached hydrogen (secondary N) is 2. The van der Waals surface area contributed by atoms with E-state index in [0.29, 0.717) is 12.8 Å². The normalized spacial score (nSPS) is 22.5. The largest absolute Gasteiger partial charge is 0.495 e. The molecule has 408 valence electrons. The molecule has 0 aromatic heterocycles. The lowest BCUT2D eigenvalue weighted by Crippen LogP contribution is -2.53. The van der Waals surface area contributed by atoms with Crippen LogP contribution in [-0.2, 0) is 61.8 Å². The first-order valence-electron chi connectivity index (χ1n) is 22.0. The van der Waals surface area contributed by atoms with Gasteiger partial charge in [0, 0.05) is 44.0 Å². The van der Waals surface area contributed by atoms with Crippen LogP contribution < -0.4 is 10.6 Å². The van der Waals surface area contributed by atoms with Crippen molar-refractivity contribution < 1.29 is 115 Å². The van der Waals surface area contributed by atoms with Gasteiger partial charge in [0.25, 0.3) is 0 Å². The summed E-state index contributed by atoms with van der Waals surface area (Å²) in [6, 6.07) is 0. The third kappa shape index (κ3) is 22.7. The molecule has 71 heavy (non-hydrogen) atoms. The quantitative estimate of drug-likeness (QED) is 0.0180. The Morgan fingerprint density at radius 2 is 0.972 bits per heavy atom. The SMILES string of the molecule is C=CC(=O)OCCOC(=O)NCC1(C)CC(C(=O)CCC(F)(F)OC(F)(F)C(F)(F)OC(F)(F)OC(F)(F)COCCOC(=O)C2CC(C)(C)CC(C)(CNC(=O)OCCOC(=O)C=C)C2)CC(C)(C)C1. The van der Waals surface area contributed by atoms with Crippen LogP contribution in [0, 0.1) is 33.5 Å². The Bertz CT molecular complexity index is 1870. The summed E-state index contributed by atoms with van der Waals surface area (Å²) in [7, 11) is 0. The maximum atomic E-state index is 14.6. The average molecular weight is 1050 g/mol. The minimum Gasteiger partial charge on any atom is -0.463 e. The Hall–Kier alpha value is -4.76. The fourth-order valence-electron chi connectivity index (χ4n) is 8.99. The van der Waals surface area contributed by atoms with E-state index < -0.39 is 133 Å². The van der Waals surface area contributed by atoms with Crippen molar-refractivity contribution >= 4 is 35.9 Å². The summed E-state index contributed by atoms with van der Waals surface area (Å²) in [5, 5.41) is 5.04. The molecule has 2 amide bonds. The lowest BCUT2D eigenvalue weighted by molar-refractivity contribution is -0.566. The molecule has 2 saturated carbocycles. The van der Waals surface area contributed by atoms with E-state index in [1.165, 1.54) is 0 Å². The molecule has 0 heterocycles. The number of carbonyl (C=O) groups excluding carboxylic acids is 6. The average Bonchev–Trinajstić information content (AvgIpc) is 3.21. The lowest BCUT2D eigenvalue weighted by Gasteiger charge is -2.46. The van der Waals surface area contributed by atoms with Gasteiger partial charge in [-0.15, -0.1) is 8.78 Å². The molecule has 2 aliphatic rings. The van der Waals surface area contributed by atoms with Crippen molar-refractivity contribution in [2.75, 3.05) is 59.3 Å². The molecule has 2 N–H and O–H groups in total. The van der Waals surface area contributed by atoms with Crippen LogP contribution in [0.3, 0.4) is 0 Å². The van der Waals surface area contributed by atoms with Gasteiger partial charge >= 0.3 is 60.8 Å². The summed E-state index contributed by atoms with van der Waals surface area (Å²) >= 11 is 0. The molecule has 4 unspecified atom stereocenters. The summed E-state index contributed by atoms with van der Waals surface area (Å²) in [5.41, 5.74) is -2.68. The van der Waals surface area contributed by atoms with Crippen molar-refractivity contribution in [2.24, 2.45) is 33.5 Å². The molecule has 0 aromatic rings. The maximum absolute atomic E-state index is 14.6. The van der Waals surface area contributed by atoms with Gasteiger partial charge in [0.05, 0.1) is 12.5 Å². The summed E-state index contributed by atoms with van der Waals surface area (Å²) in [6.07, 6.45) is -32.0. The van der Waals surface area contributed by atoms with Crippen molar-refractivity contribution in [1.29, 1.82) is 0 Å². The van der Waals surface area contributed by atoms with Crippen molar-refractivity contribution in [1.82, 2.24) is 10.6 Å². The number of hydrogen-bond acceptors (Lipinski definition) is 15. The van der Waals surface area contributed by atoms with Gasteiger partial charge in [0.15, 0.2) is 0 Å². The molecule has 0 bridgehead atoms. The minimum atomic E-state index is -6.76. The van der Waals surface area contributed by atoms with E-state index in [4.69, 9.17) is 18.9 Å². The highest BCUT2D eigenvalue weighted by molar-refractivity contribution is 5.82. The van der Waals surface area contributed by atoms with E-state index in [9.17, 15) is 72.7 Å². The Kier molecular flexibility index (Phi) is 22.2. The van der Waals surface area contributed by atoms with Gasteiger partial charge in [0.1, 0.15) is 45.4 Å². The van der Waals surface area contributed by atoms with Crippen molar-refractivity contribution in [3.8, 4) is 0 Å². The van der Waals surface area contributed by atoms with Crippen LogP contribution >= 0.6 is 0 Å². The van der Waals surface area contributed by atoms with E-state index in [2.05, 4.69) is 47.5 Å². The van der Waals surface area contributed by atoms with Crippen molar-refractivity contribution in [2.45, 2.75) is 124 Å². The third-order valence-corrected chi connectivity index (χ3v) is 11.0. The van der Waals surface area contributed by atoms with E-state index in [1.807, 2.05) is 13.8 Å². The molecule has 4 atom stereocenters. The Morgan fingerprint density at radius 3 is 1.45 bits per heavy atom. The van der Waals surface area contributed by atoms with Gasteiger partial charge in [-0.1, -0.05) is 54.7 Å².